The highest BCUT2D eigenvalue weighted by Gasteiger charge is 2.18. The zero-order valence-electron chi connectivity index (χ0n) is 10.5. The predicted molar refractivity (Wildman–Crippen MR) is 64.8 cm³/mol. The topological polar surface area (TPSA) is 71.2 Å². The molecule has 0 saturated heterocycles. The molecule has 0 radical (unpaired) electrons. The Morgan fingerprint density at radius 3 is 2.53 bits per heavy atom. The van der Waals surface area contributed by atoms with Crippen molar-refractivity contribution in [2.75, 3.05) is 0 Å². The first-order chi connectivity index (χ1) is 7.78. The smallest absolute Gasteiger partial charge is 0.408 e. The Kier molecular flexibility index (Phi) is 3.93. The van der Waals surface area contributed by atoms with E-state index < -0.39 is 11.7 Å². The summed E-state index contributed by atoms with van der Waals surface area (Å²) in [6.07, 6.45) is 1.10. The van der Waals surface area contributed by atoms with Gasteiger partial charge in [-0.1, -0.05) is 6.07 Å². The SMILES string of the molecule is CC(NC(=O)OC(C)(C)C)c1ccc(=O)[nH]c1. The molecule has 0 aliphatic heterocycles. The number of amides is 1. The molecular weight excluding hydrogens is 220 g/mol. The van der Waals surface area contributed by atoms with Crippen molar-refractivity contribution >= 4 is 6.09 Å². The van der Waals surface area contributed by atoms with Crippen molar-refractivity contribution in [2.24, 2.45) is 0 Å². The third-order valence-electron chi connectivity index (χ3n) is 2.04. The van der Waals surface area contributed by atoms with E-state index in [0.29, 0.717) is 0 Å². The zero-order valence-corrected chi connectivity index (χ0v) is 10.5. The van der Waals surface area contributed by atoms with E-state index in [-0.39, 0.29) is 11.6 Å². The highest BCUT2D eigenvalue weighted by molar-refractivity contribution is 5.68. The van der Waals surface area contributed by atoms with Crippen LogP contribution in [0.15, 0.2) is 23.1 Å². The van der Waals surface area contributed by atoms with Gasteiger partial charge in [0.05, 0.1) is 6.04 Å². The molecule has 1 heterocycles. The molecule has 2 N–H and O–H groups in total. The fourth-order valence-electron chi connectivity index (χ4n) is 1.26. The van der Waals surface area contributed by atoms with Gasteiger partial charge in [-0.05, 0) is 33.3 Å². The lowest BCUT2D eigenvalue weighted by molar-refractivity contribution is 0.0508. The maximum atomic E-state index is 11.5. The zero-order chi connectivity index (χ0) is 13.1. The van der Waals surface area contributed by atoms with Crippen molar-refractivity contribution < 1.29 is 9.53 Å². The molecule has 0 fully saturated rings. The second-order valence-electron chi connectivity index (χ2n) is 4.85. The van der Waals surface area contributed by atoms with E-state index in [1.807, 2.05) is 6.92 Å². The first-order valence-electron chi connectivity index (χ1n) is 5.46. The van der Waals surface area contributed by atoms with Gasteiger partial charge >= 0.3 is 6.09 Å². The van der Waals surface area contributed by atoms with Crippen molar-refractivity contribution in [3.63, 3.8) is 0 Å². The maximum Gasteiger partial charge on any atom is 0.408 e. The van der Waals surface area contributed by atoms with Crippen LogP contribution in [0.3, 0.4) is 0 Å². The van der Waals surface area contributed by atoms with Crippen LogP contribution >= 0.6 is 0 Å². The molecule has 0 aliphatic rings. The molecule has 5 heteroatoms. The van der Waals surface area contributed by atoms with E-state index >= 15 is 0 Å². The fraction of sp³-hybridized carbons (Fsp3) is 0.500. The molecule has 0 aromatic carbocycles. The quantitative estimate of drug-likeness (QED) is 0.827. The lowest BCUT2D eigenvalue weighted by atomic mass is 10.1. The van der Waals surface area contributed by atoms with Crippen molar-refractivity contribution in [1.82, 2.24) is 10.3 Å². The van der Waals surface area contributed by atoms with Crippen LogP contribution in [0.1, 0.15) is 39.3 Å². The normalized spacial score (nSPS) is 12.9. The first kappa shape index (κ1) is 13.3. The van der Waals surface area contributed by atoms with Crippen LogP contribution in [0.25, 0.3) is 0 Å². The minimum absolute atomic E-state index is 0.168. The molecule has 17 heavy (non-hydrogen) atoms. The number of nitrogens with one attached hydrogen (secondary N) is 2. The van der Waals surface area contributed by atoms with Gasteiger partial charge in [-0.3, -0.25) is 4.79 Å². The molecule has 1 aromatic heterocycles. The van der Waals surface area contributed by atoms with Crippen LogP contribution in [-0.2, 0) is 4.74 Å². The van der Waals surface area contributed by atoms with Gasteiger partial charge in [-0.2, -0.15) is 0 Å². The van der Waals surface area contributed by atoms with Gasteiger partial charge in [-0.25, -0.2) is 4.79 Å². The number of carbonyl (C=O) groups excluding carboxylic acids is 1. The van der Waals surface area contributed by atoms with E-state index in [9.17, 15) is 9.59 Å². The van der Waals surface area contributed by atoms with Crippen LogP contribution in [0.5, 0.6) is 0 Å². The van der Waals surface area contributed by atoms with Gasteiger partial charge in [0, 0.05) is 12.3 Å². The minimum Gasteiger partial charge on any atom is -0.444 e. The van der Waals surface area contributed by atoms with Crippen molar-refractivity contribution in [3.05, 3.63) is 34.2 Å². The Labute approximate surface area is 100 Å². The summed E-state index contributed by atoms with van der Waals surface area (Å²) in [5.74, 6) is 0. The summed E-state index contributed by atoms with van der Waals surface area (Å²) in [6.45, 7) is 7.23. The Hall–Kier alpha value is -1.78. The number of rotatable bonds is 2. The molecule has 0 bridgehead atoms. The van der Waals surface area contributed by atoms with Gasteiger partial charge in [0.2, 0.25) is 5.56 Å². The lowest BCUT2D eigenvalue weighted by Gasteiger charge is -2.22. The number of alkyl carbamates (subject to hydrolysis) is 1. The Bertz CT molecular complexity index is 425. The predicted octanol–water partition coefficient (Wildman–Crippen LogP) is 1.96. The van der Waals surface area contributed by atoms with Crippen LogP contribution in [-0.4, -0.2) is 16.7 Å². The summed E-state index contributed by atoms with van der Waals surface area (Å²) in [4.78, 5) is 24.9. The number of carbonyl (C=O) groups is 1. The monoisotopic (exact) mass is 238 g/mol. The molecule has 5 nitrogen and oxygen atoms in total. The number of H-pyrrole nitrogens is 1. The van der Waals surface area contributed by atoms with Crippen LogP contribution in [0.4, 0.5) is 4.79 Å². The van der Waals surface area contributed by atoms with E-state index in [2.05, 4.69) is 10.3 Å². The van der Waals surface area contributed by atoms with Crippen LogP contribution in [0.2, 0.25) is 0 Å². The average molecular weight is 238 g/mol. The number of hydrogen-bond acceptors (Lipinski definition) is 3. The minimum atomic E-state index is -0.519. The highest BCUT2D eigenvalue weighted by Crippen LogP contribution is 2.11. The second-order valence-corrected chi connectivity index (χ2v) is 4.85. The maximum absolute atomic E-state index is 11.5. The molecular formula is C12H18N2O3. The molecule has 1 atom stereocenters. The molecule has 1 rings (SSSR count). The molecule has 1 aromatic rings. The van der Waals surface area contributed by atoms with Gasteiger partial charge < -0.3 is 15.0 Å². The lowest BCUT2D eigenvalue weighted by Crippen LogP contribution is -2.34. The van der Waals surface area contributed by atoms with E-state index in [1.165, 1.54) is 6.07 Å². The summed E-state index contributed by atoms with van der Waals surface area (Å²) < 4.78 is 5.13. The standard InChI is InChI=1S/C12H18N2O3/c1-8(9-5-6-10(15)13-7-9)14-11(16)17-12(2,3)4/h5-8H,1-4H3,(H,13,15)(H,14,16). The van der Waals surface area contributed by atoms with Crippen LogP contribution < -0.4 is 10.9 Å². The second kappa shape index (κ2) is 5.03. The summed E-state index contributed by atoms with van der Waals surface area (Å²) in [5, 5.41) is 2.69. The third kappa shape index (κ3) is 4.72. The van der Waals surface area contributed by atoms with Gasteiger partial charge in [0.25, 0.3) is 0 Å². The molecule has 1 amide bonds. The number of ether oxygens (including phenoxy) is 1. The molecule has 94 valence electrons. The fourth-order valence-corrected chi connectivity index (χ4v) is 1.26. The van der Waals surface area contributed by atoms with Gasteiger partial charge in [0.15, 0.2) is 0 Å². The number of hydrogen-bond donors (Lipinski definition) is 2. The van der Waals surface area contributed by atoms with Crippen LogP contribution in [0, 0.1) is 0 Å². The summed E-state index contributed by atoms with van der Waals surface area (Å²) >= 11 is 0. The Balaban J connectivity index is 2.60. The molecule has 0 saturated carbocycles. The van der Waals surface area contributed by atoms with E-state index in [4.69, 9.17) is 4.74 Å². The average Bonchev–Trinajstić information content (AvgIpc) is 2.15. The van der Waals surface area contributed by atoms with Gasteiger partial charge in [-0.15, -0.1) is 0 Å². The number of aromatic nitrogens is 1. The Morgan fingerprint density at radius 1 is 1.41 bits per heavy atom. The largest absolute Gasteiger partial charge is 0.444 e. The Morgan fingerprint density at radius 2 is 2.06 bits per heavy atom. The molecule has 0 spiro atoms. The van der Waals surface area contributed by atoms with Crippen molar-refractivity contribution in [3.8, 4) is 0 Å². The van der Waals surface area contributed by atoms with Gasteiger partial charge in [0.1, 0.15) is 5.60 Å². The molecule has 0 aliphatic carbocycles. The third-order valence-corrected chi connectivity index (χ3v) is 2.04. The van der Waals surface area contributed by atoms with E-state index in [1.54, 1.807) is 33.0 Å². The molecule has 1 unspecified atom stereocenters. The number of aromatic amines is 1. The van der Waals surface area contributed by atoms with Crippen molar-refractivity contribution in [2.45, 2.75) is 39.3 Å². The van der Waals surface area contributed by atoms with Crippen molar-refractivity contribution in [1.29, 1.82) is 0 Å². The first-order valence-corrected chi connectivity index (χ1v) is 5.46. The van der Waals surface area contributed by atoms with E-state index in [0.717, 1.165) is 5.56 Å². The summed E-state index contributed by atoms with van der Waals surface area (Å²) in [7, 11) is 0. The summed E-state index contributed by atoms with van der Waals surface area (Å²) in [5.41, 5.74) is 0.128. The number of pyridine rings is 1. The highest BCUT2D eigenvalue weighted by atomic mass is 16.6. The summed E-state index contributed by atoms with van der Waals surface area (Å²) in [6, 6.07) is 2.87.